The van der Waals surface area contributed by atoms with E-state index in [1.165, 1.54) is 11.8 Å². The van der Waals surface area contributed by atoms with Crippen molar-refractivity contribution in [3.05, 3.63) is 58.9 Å². The Hall–Kier alpha value is -3.04. The molecular weight excluding hydrogens is 412 g/mol. The van der Waals surface area contributed by atoms with Crippen LogP contribution in [0.15, 0.2) is 42.6 Å². The molecule has 2 N–H and O–H groups in total. The number of piperazine rings is 1. The molecule has 0 radical (unpaired) electrons. The maximum Gasteiger partial charge on any atom is 0.347 e. The monoisotopic (exact) mass is 438 g/mol. The van der Waals surface area contributed by atoms with E-state index in [0.29, 0.717) is 16.8 Å². The summed E-state index contributed by atoms with van der Waals surface area (Å²) in [5.74, 6) is 1.19. The topological polar surface area (TPSA) is 94.5 Å². The molecule has 8 nitrogen and oxygen atoms in total. The minimum atomic E-state index is -0.980. The van der Waals surface area contributed by atoms with Gasteiger partial charge >= 0.3 is 5.97 Å². The Kier molecular flexibility index (Phi) is 6.73. The van der Waals surface area contributed by atoms with E-state index in [1.807, 2.05) is 13.0 Å². The average molecular weight is 439 g/mol. The van der Waals surface area contributed by atoms with Gasteiger partial charge in [0.25, 0.3) is 0 Å². The van der Waals surface area contributed by atoms with Crippen LogP contribution in [0.3, 0.4) is 0 Å². The maximum absolute atomic E-state index is 11.1. The predicted molar refractivity (Wildman–Crippen MR) is 123 cm³/mol. The van der Waals surface area contributed by atoms with E-state index in [2.05, 4.69) is 60.4 Å². The van der Waals surface area contributed by atoms with Crippen LogP contribution in [0.4, 0.5) is 16.8 Å². The average Bonchev–Trinajstić information content (AvgIpc) is 3.23. The second-order valence-corrected chi connectivity index (χ2v) is 8.57. The molecule has 0 saturated carbocycles. The predicted octanol–water partition coefficient (Wildman–Crippen LogP) is 3.44. The SMILES string of the molecule is Cc1nc(Nc2ncc(C(=O)O)s2)cc(N2CCN(CCCc3ccccc3)CC2)n1. The third-order valence-electron chi connectivity index (χ3n) is 5.25. The van der Waals surface area contributed by atoms with Crippen LogP contribution in [0.5, 0.6) is 0 Å². The number of hydrogen-bond acceptors (Lipinski definition) is 8. The van der Waals surface area contributed by atoms with Crippen molar-refractivity contribution in [3.63, 3.8) is 0 Å². The van der Waals surface area contributed by atoms with Gasteiger partial charge in [-0.15, -0.1) is 0 Å². The Labute approximate surface area is 185 Å². The lowest BCUT2D eigenvalue weighted by atomic mass is 10.1. The Bertz CT molecular complexity index is 1020. The van der Waals surface area contributed by atoms with Gasteiger partial charge in [0, 0.05) is 32.2 Å². The second kappa shape index (κ2) is 9.84. The number of aromatic nitrogens is 3. The van der Waals surface area contributed by atoms with Crippen molar-refractivity contribution >= 4 is 34.1 Å². The van der Waals surface area contributed by atoms with E-state index in [1.54, 1.807) is 0 Å². The lowest BCUT2D eigenvalue weighted by molar-refractivity contribution is 0.0702. The Balaban J connectivity index is 1.31. The molecule has 0 bridgehead atoms. The summed E-state index contributed by atoms with van der Waals surface area (Å²) in [6, 6.07) is 12.5. The van der Waals surface area contributed by atoms with Crippen LogP contribution in [0.1, 0.15) is 27.5 Å². The van der Waals surface area contributed by atoms with Crippen LogP contribution in [0.2, 0.25) is 0 Å². The molecule has 162 valence electrons. The van der Waals surface area contributed by atoms with Crippen molar-refractivity contribution in [2.24, 2.45) is 0 Å². The van der Waals surface area contributed by atoms with Crippen molar-refractivity contribution in [2.45, 2.75) is 19.8 Å². The first-order valence-electron chi connectivity index (χ1n) is 10.4. The molecule has 1 aliphatic heterocycles. The molecule has 0 amide bonds. The zero-order valence-corrected chi connectivity index (χ0v) is 18.3. The van der Waals surface area contributed by atoms with Crippen LogP contribution >= 0.6 is 11.3 Å². The number of rotatable bonds is 8. The third kappa shape index (κ3) is 5.77. The standard InChI is InChI=1S/C22H26N6O2S/c1-16-24-19(26-22-23-15-18(31-22)21(29)30)14-20(25-16)28-12-10-27(11-13-28)9-5-8-17-6-3-2-4-7-17/h2-4,6-7,14-15H,5,8-13H2,1H3,(H,29,30)(H,23,24,25,26). The molecule has 1 saturated heterocycles. The highest BCUT2D eigenvalue weighted by molar-refractivity contribution is 7.17. The largest absolute Gasteiger partial charge is 0.477 e. The van der Waals surface area contributed by atoms with E-state index in [9.17, 15) is 4.79 Å². The Morgan fingerprint density at radius 2 is 1.94 bits per heavy atom. The van der Waals surface area contributed by atoms with Crippen LogP contribution in [0.25, 0.3) is 0 Å². The highest BCUT2D eigenvalue weighted by Crippen LogP contribution is 2.24. The molecule has 1 aromatic carbocycles. The number of hydrogen-bond donors (Lipinski definition) is 2. The fourth-order valence-corrected chi connectivity index (χ4v) is 4.33. The molecule has 3 aromatic rings. The second-order valence-electron chi connectivity index (χ2n) is 7.54. The van der Waals surface area contributed by atoms with Gasteiger partial charge in [-0.1, -0.05) is 41.7 Å². The zero-order chi connectivity index (χ0) is 21.6. The maximum atomic E-state index is 11.1. The molecule has 4 rings (SSSR count). The van der Waals surface area contributed by atoms with Crippen LogP contribution in [-0.4, -0.2) is 63.7 Å². The van der Waals surface area contributed by atoms with Gasteiger partial charge in [0.2, 0.25) is 0 Å². The van der Waals surface area contributed by atoms with E-state index in [4.69, 9.17) is 5.11 Å². The van der Waals surface area contributed by atoms with E-state index in [-0.39, 0.29) is 4.88 Å². The van der Waals surface area contributed by atoms with Crippen molar-refractivity contribution in [3.8, 4) is 0 Å². The number of aryl methyl sites for hydroxylation is 2. The first-order valence-corrected chi connectivity index (χ1v) is 11.2. The third-order valence-corrected chi connectivity index (χ3v) is 6.16. The van der Waals surface area contributed by atoms with Gasteiger partial charge in [-0.3, -0.25) is 4.90 Å². The molecule has 0 spiro atoms. The number of anilines is 3. The number of carboxylic acids is 1. The molecule has 1 fully saturated rings. The molecular formula is C22H26N6O2S. The quantitative estimate of drug-likeness (QED) is 0.552. The lowest BCUT2D eigenvalue weighted by Crippen LogP contribution is -2.47. The summed E-state index contributed by atoms with van der Waals surface area (Å²) in [5, 5.41) is 12.7. The number of nitrogens with one attached hydrogen (secondary N) is 1. The van der Waals surface area contributed by atoms with Crippen molar-refractivity contribution < 1.29 is 9.90 Å². The number of thiazole rings is 1. The molecule has 3 heterocycles. The molecule has 31 heavy (non-hydrogen) atoms. The zero-order valence-electron chi connectivity index (χ0n) is 17.5. The summed E-state index contributed by atoms with van der Waals surface area (Å²) in [4.78, 5) is 29.2. The summed E-state index contributed by atoms with van der Waals surface area (Å²) < 4.78 is 0. The highest BCUT2D eigenvalue weighted by Gasteiger charge is 2.19. The summed E-state index contributed by atoms with van der Waals surface area (Å²) in [5.41, 5.74) is 1.40. The number of nitrogens with zero attached hydrogens (tertiary/aromatic N) is 5. The Morgan fingerprint density at radius 3 is 2.65 bits per heavy atom. The summed E-state index contributed by atoms with van der Waals surface area (Å²) in [6.07, 6.45) is 3.62. The van der Waals surface area contributed by atoms with Gasteiger partial charge in [-0.25, -0.2) is 19.7 Å². The highest BCUT2D eigenvalue weighted by atomic mass is 32.1. The van der Waals surface area contributed by atoms with Crippen LogP contribution in [0, 0.1) is 6.92 Å². The molecule has 0 unspecified atom stereocenters. The number of benzene rings is 1. The molecule has 0 atom stereocenters. The van der Waals surface area contributed by atoms with Crippen molar-refractivity contribution in [2.75, 3.05) is 42.9 Å². The van der Waals surface area contributed by atoms with Gasteiger partial charge in [-0.2, -0.15) is 0 Å². The van der Waals surface area contributed by atoms with Gasteiger partial charge in [0.15, 0.2) is 5.13 Å². The van der Waals surface area contributed by atoms with Gasteiger partial charge in [-0.05, 0) is 31.9 Å². The number of aromatic carboxylic acids is 1. The minimum Gasteiger partial charge on any atom is -0.477 e. The Morgan fingerprint density at radius 1 is 1.16 bits per heavy atom. The van der Waals surface area contributed by atoms with Gasteiger partial charge in [0.05, 0.1) is 6.20 Å². The molecule has 9 heteroatoms. The number of carboxylic acid groups (broad SMARTS) is 1. The van der Waals surface area contributed by atoms with E-state index >= 15 is 0 Å². The van der Waals surface area contributed by atoms with Crippen LogP contribution < -0.4 is 10.2 Å². The summed E-state index contributed by atoms with van der Waals surface area (Å²) in [6.45, 7) is 6.82. The van der Waals surface area contributed by atoms with Gasteiger partial charge < -0.3 is 15.3 Å². The molecule has 1 aliphatic rings. The van der Waals surface area contributed by atoms with E-state index in [0.717, 1.165) is 62.7 Å². The molecule has 2 aromatic heterocycles. The fraction of sp³-hybridized carbons (Fsp3) is 0.364. The van der Waals surface area contributed by atoms with Crippen molar-refractivity contribution in [1.82, 2.24) is 19.9 Å². The van der Waals surface area contributed by atoms with Crippen LogP contribution in [-0.2, 0) is 6.42 Å². The summed E-state index contributed by atoms with van der Waals surface area (Å²) >= 11 is 1.09. The van der Waals surface area contributed by atoms with Crippen molar-refractivity contribution in [1.29, 1.82) is 0 Å². The number of carbonyl (C=O) groups is 1. The first kappa shape index (κ1) is 21.2. The smallest absolute Gasteiger partial charge is 0.347 e. The normalized spacial score (nSPS) is 14.5. The lowest BCUT2D eigenvalue weighted by Gasteiger charge is -2.35. The minimum absolute atomic E-state index is 0.192. The fourth-order valence-electron chi connectivity index (χ4n) is 3.67. The van der Waals surface area contributed by atoms with Gasteiger partial charge in [0.1, 0.15) is 22.3 Å². The summed E-state index contributed by atoms with van der Waals surface area (Å²) in [7, 11) is 0. The molecule has 0 aliphatic carbocycles. The first-order chi connectivity index (χ1) is 15.1. The van der Waals surface area contributed by atoms with E-state index < -0.39 is 5.97 Å².